The monoisotopic (exact) mass is 295 g/mol. The first-order valence-corrected chi connectivity index (χ1v) is 7.08. The maximum Gasteiger partial charge on any atom is 0.305 e. The molecule has 0 saturated carbocycles. The number of nitro benzene ring substituents is 1. The van der Waals surface area contributed by atoms with Crippen molar-refractivity contribution in [1.29, 1.82) is 0 Å². The minimum atomic E-state index is -0.424. The van der Waals surface area contributed by atoms with E-state index >= 15 is 0 Å². The number of ether oxygens (including phenoxy) is 2. The number of rotatable bonds is 9. The molecule has 1 rings (SSSR count). The zero-order valence-electron chi connectivity index (χ0n) is 12.5. The molecular formula is C15H21NO5. The van der Waals surface area contributed by atoms with Gasteiger partial charge in [-0.3, -0.25) is 14.9 Å². The van der Waals surface area contributed by atoms with Crippen LogP contribution in [-0.2, 0) is 9.53 Å². The molecule has 1 aromatic carbocycles. The van der Waals surface area contributed by atoms with Gasteiger partial charge in [0.05, 0.1) is 18.1 Å². The minimum absolute atomic E-state index is 0.0642. The molecule has 0 saturated heterocycles. The third kappa shape index (κ3) is 6.25. The Kier molecular flexibility index (Phi) is 7.21. The Morgan fingerprint density at radius 3 is 2.67 bits per heavy atom. The van der Waals surface area contributed by atoms with Crippen molar-refractivity contribution in [3.63, 3.8) is 0 Å². The van der Waals surface area contributed by atoms with E-state index in [1.54, 1.807) is 19.9 Å². The second kappa shape index (κ2) is 8.94. The Bertz CT molecular complexity index is 487. The minimum Gasteiger partial charge on any atom is -0.493 e. The molecule has 0 heterocycles. The lowest BCUT2D eigenvalue weighted by molar-refractivity contribution is -0.384. The van der Waals surface area contributed by atoms with Gasteiger partial charge in [0.1, 0.15) is 5.75 Å². The van der Waals surface area contributed by atoms with Crippen LogP contribution < -0.4 is 4.74 Å². The highest BCUT2D eigenvalue weighted by molar-refractivity contribution is 5.69. The van der Waals surface area contributed by atoms with E-state index in [1.807, 2.05) is 0 Å². The van der Waals surface area contributed by atoms with Gasteiger partial charge in [-0.1, -0.05) is 0 Å². The van der Waals surface area contributed by atoms with E-state index in [2.05, 4.69) is 0 Å². The number of aryl methyl sites for hydroxylation is 1. The maximum absolute atomic E-state index is 11.1. The van der Waals surface area contributed by atoms with Gasteiger partial charge in [-0.05, 0) is 44.7 Å². The summed E-state index contributed by atoms with van der Waals surface area (Å²) in [5, 5.41) is 10.6. The maximum atomic E-state index is 11.1. The third-order valence-electron chi connectivity index (χ3n) is 2.96. The Hall–Kier alpha value is -2.11. The fraction of sp³-hybridized carbons (Fsp3) is 0.533. The third-order valence-corrected chi connectivity index (χ3v) is 2.96. The fourth-order valence-electron chi connectivity index (χ4n) is 1.87. The summed E-state index contributed by atoms with van der Waals surface area (Å²) < 4.78 is 10.4. The van der Waals surface area contributed by atoms with Crippen molar-refractivity contribution in [3.05, 3.63) is 33.9 Å². The van der Waals surface area contributed by atoms with E-state index in [-0.39, 0.29) is 11.7 Å². The molecule has 6 heteroatoms. The number of carbonyl (C=O) groups excluding carboxylic acids is 1. The molecule has 1 aromatic rings. The number of benzene rings is 1. The van der Waals surface area contributed by atoms with Gasteiger partial charge < -0.3 is 9.47 Å². The molecule has 0 atom stereocenters. The van der Waals surface area contributed by atoms with Crippen LogP contribution in [-0.4, -0.2) is 24.1 Å². The van der Waals surface area contributed by atoms with E-state index in [4.69, 9.17) is 9.47 Å². The molecule has 116 valence electrons. The van der Waals surface area contributed by atoms with E-state index in [0.717, 1.165) is 24.8 Å². The number of nitrogens with zero attached hydrogens (tertiary/aromatic N) is 1. The normalized spacial score (nSPS) is 10.2. The topological polar surface area (TPSA) is 78.7 Å². The van der Waals surface area contributed by atoms with Crippen LogP contribution in [0.5, 0.6) is 5.75 Å². The van der Waals surface area contributed by atoms with Crippen molar-refractivity contribution in [2.75, 3.05) is 13.2 Å². The van der Waals surface area contributed by atoms with Gasteiger partial charge in [-0.25, -0.2) is 0 Å². The highest BCUT2D eigenvalue weighted by atomic mass is 16.6. The molecule has 0 N–H and O–H groups in total. The molecule has 0 spiro atoms. The van der Waals surface area contributed by atoms with Crippen molar-refractivity contribution in [1.82, 2.24) is 0 Å². The largest absolute Gasteiger partial charge is 0.493 e. The number of non-ortho nitro benzene ring substituents is 1. The molecule has 0 radical (unpaired) electrons. The van der Waals surface area contributed by atoms with E-state index in [1.165, 1.54) is 12.1 Å². The summed E-state index contributed by atoms with van der Waals surface area (Å²) in [6.07, 6.45) is 2.92. The second-order valence-corrected chi connectivity index (χ2v) is 4.67. The molecule has 21 heavy (non-hydrogen) atoms. The standard InChI is InChI=1S/C15H21NO5/c1-3-20-15(17)7-5-4-6-10-21-14-9-8-13(16(18)19)11-12(14)2/h8-9,11H,3-7,10H2,1-2H3. The number of carbonyl (C=O) groups is 1. The SMILES string of the molecule is CCOC(=O)CCCCCOc1ccc([N+](=O)[O-])cc1C. The van der Waals surface area contributed by atoms with E-state index < -0.39 is 4.92 Å². The summed E-state index contributed by atoms with van der Waals surface area (Å²) >= 11 is 0. The van der Waals surface area contributed by atoms with Gasteiger partial charge in [0.25, 0.3) is 5.69 Å². The van der Waals surface area contributed by atoms with Crippen LogP contribution in [0.3, 0.4) is 0 Å². The smallest absolute Gasteiger partial charge is 0.305 e. The number of hydrogen-bond donors (Lipinski definition) is 0. The van der Waals surface area contributed by atoms with Crippen LogP contribution in [0.2, 0.25) is 0 Å². The Labute approximate surface area is 124 Å². The summed E-state index contributed by atoms with van der Waals surface area (Å²) in [6.45, 7) is 4.52. The number of hydrogen-bond acceptors (Lipinski definition) is 5. The molecule has 0 aliphatic carbocycles. The van der Waals surface area contributed by atoms with Crippen LogP contribution in [0, 0.1) is 17.0 Å². The van der Waals surface area contributed by atoms with Gasteiger partial charge in [0, 0.05) is 18.6 Å². The molecule has 0 unspecified atom stereocenters. The molecule has 0 aromatic heterocycles. The van der Waals surface area contributed by atoms with Gasteiger partial charge in [0.15, 0.2) is 0 Å². The summed E-state index contributed by atoms with van der Waals surface area (Å²) in [7, 11) is 0. The molecule has 0 amide bonds. The van der Waals surface area contributed by atoms with Gasteiger partial charge >= 0.3 is 5.97 Å². The number of unbranched alkanes of at least 4 members (excludes halogenated alkanes) is 2. The molecule has 0 fully saturated rings. The van der Waals surface area contributed by atoms with E-state index in [0.29, 0.717) is 25.4 Å². The summed E-state index contributed by atoms with van der Waals surface area (Å²) in [5.74, 6) is 0.496. The van der Waals surface area contributed by atoms with Crippen molar-refractivity contribution in [3.8, 4) is 5.75 Å². The van der Waals surface area contributed by atoms with Gasteiger partial charge in [-0.15, -0.1) is 0 Å². The lowest BCUT2D eigenvalue weighted by Gasteiger charge is -2.08. The highest BCUT2D eigenvalue weighted by Gasteiger charge is 2.08. The van der Waals surface area contributed by atoms with Crippen molar-refractivity contribution >= 4 is 11.7 Å². The van der Waals surface area contributed by atoms with Crippen molar-refractivity contribution in [2.45, 2.75) is 39.5 Å². The highest BCUT2D eigenvalue weighted by Crippen LogP contribution is 2.23. The summed E-state index contributed by atoms with van der Waals surface area (Å²) in [5.41, 5.74) is 0.810. The van der Waals surface area contributed by atoms with Gasteiger partial charge in [-0.2, -0.15) is 0 Å². The molecule has 0 aliphatic rings. The second-order valence-electron chi connectivity index (χ2n) is 4.67. The molecule has 0 bridgehead atoms. The average Bonchev–Trinajstić information content (AvgIpc) is 2.44. The lowest BCUT2D eigenvalue weighted by Crippen LogP contribution is -2.04. The summed E-state index contributed by atoms with van der Waals surface area (Å²) in [6, 6.07) is 4.55. The molecule has 6 nitrogen and oxygen atoms in total. The van der Waals surface area contributed by atoms with Crippen LogP contribution in [0.15, 0.2) is 18.2 Å². The lowest BCUT2D eigenvalue weighted by atomic mass is 10.2. The average molecular weight is 295 g/mol. The van der Waals surface area contributed by atoms with Crippen molar-refractivity contribution < 1.29 is 19.2 Å². The predicted octanol–water partition coefficient (Wildman–Crippen LogP) is 3.41. The number of nitro groups is 1. The molecular weight excluding hydrogens is 274 g/mol. The van der Waals surface area contributed by atoms with Crippen molar-refractivity contribution in [2.24, 2.45) is 0 Å². The zero-order valence-corrected chi connectivity index (χ0v) is 12.5. The van der Waals surface area contributed by atoms with Crippen LogP contribution in [0.4, 0.5) is 5.69 Å². The Morgan fingerprint density at radius 1 is 1.29 bits per heavy atom. The Morgan fingerprint density at radius 2 is 2.05 bits per heavy atom. The predicted molar refractivity (Wildman–Crippen MR) is 78.4 cm³/mol. The first kappa shape index (κ1) is 16.9. The summed E-state index contributed by atoms with van der Waals surface area (Å²) in [4.78, 5) is 21.3. The van der Waals surface area contributed by atoms with Gasteiger partial charge in [0.2, 0.25) is 0 Å². The number of esters is 1. The van der Waals surface area contributed by atoms with Crippen LogP contribution in [0.1, 0.15) is 38.2 Å². The first-order chi connectivity index (χ1) is 10.0. The van der Waals surface area contributed by atoms with Crippen LogP contribution >= 0.6 is 0 Å². The Balaban J connectivity index is 2.24. The zero-order chi connectivity index (χ0) is 15.7. The molecule has 0 aliphatic heterocycles. The quantitative estimate of drug-likeness (QED) is 0.302. The fourth-order valence-corrected chi connectivity index (χ4v) is 1.87. The van der Waals surface area contributed by atoms with E-state index in [9.17, 15) is 14.9 Å². The van der Waals surface area contributed by atoms with Crippen LogP contribution in [0.25, 0.3) is 0 Å². The first-order valence-electron chi connectivity index (χ1n) is 7.08.